The molecule has 0 unspecified atom stereocenters. The van der Waals surface area contributed by atoms with Crippen LogP contribution in [0.4, 0.5) is 24.8 Å². The Labute approximate surface area is 182 Å². The van der Waals surface area contributed by atoms with Gasteiger partial charge in [-0.05, 0) is 31.7 Å². The molecule has 32 heavy (non-hydrogen) atoms. The summed E-state index contributed by atoms with van der Waals surface area (Å²) in [6.07, 6.45) is 7.26. The summed E-state index contributed by atoms with van der Waals surface area (Å²) in [5.74, 6) is 1.03. The van der Waals surface area contributed by atoms with Crippen LogP contribution in [-0.4, -0.2) is 31.4 Å². The number of halogens is 3. The summed E-state index contributed by atoms with van der Waals surface area (Å²) in [5.41, 5.74) is 0.389. The summed E-state index contributed by atoms with van der Waals surface area (Å²) in [6, 6.07) is 7.13. The maximum absolute atomic E-state index is 14.5. The molecule has 6 nitrogen and oxygen atoms in total. The van der Waals surface area contributed by atoms with Crippen molar-refractivity contribution in [3.05, 3.63) is 59.8 Å². The minimum Gasteiger partial charge on any atom is -0.365 e. The molecule has 1 N–H and O–H groups in total. The van der Waals surface area contributed by atoms with Crippen molar-refractivity contribution in [3.63, 3.8) is 0 Å². The Morgan fingerprint density at radius 2 is 2.00 bits per heavy atom. The van der Waals surface area contributed by atoms with Crippen molar-refractivity contribution >= 4 is 28.3 Å². The van der Waals surface area contributed by atoms with Crippen LogP contribution in [0.3, 0.4) is 0 Å². The molecule has 5 heterocycles. The quantitative estimate of drug-likeness (QED) is 0.470. The van der Waals surface area contributed by atoms with Crippen LogP contribution in [0, 0.1) is 5.82 Å². The molecule has 0 aliphatic carbocycles. The Morgan fingerprint density at radius 1 is 1.16 bits per heavy atom. The largest absolute Gasteiger partial charge is 0.365 e. The van der Waals surface area contributed by atoms with Gasteiger partial charge in [-0.15, -0.1) is 0 Å². The summed E-state index contributed by atoms with van der Waals surface area (Å²) in [5, 5.41) is 3.98. The van der Waals surface area contributed by atoms with Gasteiger partial charge in [0.15, 0.2) is 0 Å². The minimum atomic E-state index is -2.86. The van der Waals surface area contributed by atoms with Gasteiger partial charge in [0.05, 0.1) is 17.3 Å². The second-order valence-corrected chi connectivity index (χ2v) is 8.47. The number of aromatic nitrogens is 4. The van der Waals surface area contributed by atoms with E-state index in [1.54, 1.807) is 6.20 Å². The highest BCUT2D eigenvalue weighted by atomic mass is 19.3. The predicted molar refractivity (Wildman–Crippen MR) is 115 cm³/mol. The molecule has 0 spiro atoms. The van der Waals surface area contributed by atoms with Crippen molar-refractivity contribution in [1.82, 2.24) is 19.4 Å². The molecule has 2 aliphatic heterocycles. The topological polar surface area (TPSA) is 58.4 Å². The second kappa shape index (κ2) is 7.36. The van der Waals surface area contributed by atoms with Crippen LogP contribution in [0.15, 0.2) is 42.9 Å². The third-order valence-electron chi connectivity index (χ3n) is 6.68. The van der Waals surface area contributed by atoms with E-state index in [1.165, 1.54) is 37.8 Å². The van der Waals surface area contributed by atoms with Gasteiger partial charge < -0.3 is 10.2 Å². The van der Waals surface area contributed by atoms with Crippen molar-refractivity contribution < 1.29 is 13.2 Å². The molecule has 2 fully saturated rings. The lowest BCUT2D eigenvalue weighted by Gasteiger charge is -2.53. The van der Waals surface area contributed by atoms with Gasteiger partial charge in [0.25, 0.3) is 6.43 Å². The van der Waals surface area contributed by atoms with Crippen molar-refractivity contribution in [2.75, 3.05) is 10.2 Å². The Bertz CT molecular complexity index is 1310. The highest BCUT2D eigenvalue weighted by Crippen LogP contribution is 2.41. The van der Waals surface area contributed by atoms with E-state index >= 15 is 0 Å². The van der Waals surface area contributed by atoms with Gasteiger partial charge >= 0.3 is 0 Å². The fourth-order valence-electron chi connectivity index (χ4n) is 5.08. The van der Waals surface area contributed by atoms with Crippen molar-refractivity contribution in [3.8, 4) is 0 Å². The molecule has 2 bridgehead atoms. The van der Waals surface area contributed by atoms with E-state index < -0.39 is 17.8 Å². The molecule has 2 saturated heterocycles. The number of fused-ring (bicyclic) bond motifs is 5. The first kappa shape index (κ1) is 19.3. The van der Waals surface area contributed by atoms with Crippen molar-refractivity contribution in [2.24, 2.45) is 0 Å². The first-order valence-electron chi connectivity index (χ1n) is 10.8. The van der Waals surface area contributed by atoms with Gasteiger partial charge in [-0.25, -0.2) is 23.1 Å². The van der Waals surface area contributed by atoms with Crippen LogP contribution in [0.25, 0.3) is 16.7 Å². The number of imidazole rings is 1. The van der Waals surface area contributed by atoms with Gasteiger partial charge in [-0.2, -0.15) is 4.98 Å². The van der Waals surface area contributed by atoms with Gasteiger partial charge in [0.2, 0.25) is 5.78 Å². The van der Waals surface area contributed by atoms with Crippen molar-refractivity contribution in [2.45, 2.75) is 50.7 Å². The van der Waals surface area contributed by atoms with E-state index in [1.807, 2.05) is 22.9 Å². The fourth-order valence-corrected chi connectivity index (χ4v) is 5.08. The Kier molecular flexibility index (Phi) is 4.44. The molecule has 6 rings (SSSR count). The number of hydrogen-bond donors (Lipinski definition) is 1. The monoisotopic (exact) mass is 438 g/mol. The molecule has 0 saturated carbocycles. The third kappa shape index (κ3) is 2.98. The molecule has 3 aromatic heterocycles. The Morgan fingerprint density at radius 3 is 2.78 bits per heavy atom. The zero-order chi connectivity index (χ0) is 21.8. The average molecular weight is 438 g/mol. The van der Waals surface area contributed by atoms with E-state index in [4.69, 9.17) is 4.98 Å². The van der Waals surface area contributed by atoms with Gasteiger partial charge in [-0.3, -0.25) is 4.40 Å². The van der Waals surface area contributed by atoms with Crippen molar-refractivity contribution in [1.29, 1.82) is 0 Å². The van der Waals surface area contributed by atoms with Crippen LogP contribution < -0.4 is 10.2 Å². The molecular formula is C23H21F3N6. The zero-order valence-electron chi connectivity index (χ0n) is 17.2. The lowest BCUT2D eigenvalue weighted by atomic mass is 9.80. The maximum Gasteiger partial charge on any atom is 0.266 e. The first-order chi connectivity index (χ1) is 15.6. The number of anilines is 2. The summed E-state index contributed by atoms with van der Waals surface area (Å²) in [6.45, 7) is 0.0258. The van der Waals surface area contributed by atoms with E-state index in [-0.39, 0.29) is 12.1 Å². The second-order valence-electron chi connectivity index (χ2n) is 8.47. The molecule has 4 aromatic rings. The number of nitrogens with one attached hydrogen (secondary N) is 1. The molecule has 164 valence electrons. The lowest BCUT2D eigenvalue weighted by molar-refractivity contribution is 0.146. The average Bonchev–Trinajstić information content (AvgIpc) is 3.27. The summed E-state index contributed by atoms with van der Waals surface area (Å²) in [7, 11) is 0. The van der Waals surface area contributed by atoms with Gasteiger partial charge in [-0.1, -0.05) is 18.2 Å². The van der Waals surface area contributed by atoms with E-state index in [9.17, 15) is 13.2 Å². The van der Waals surface area contributed by atoms with Crippen LogP contribution in [0.5, 0.6) is 0 Å². The minimum absolute atomic E-state index is 0.0258. The molecule has 2 aliphatic rings. The Balaban J connectivity index is 1.40. The zero-order valence-corrected chi connectivity index (χ0v) is 17.2. The SMILES string of the molecule is Fc1c(CNc2nc3nccn3c3cnc(N4[C@@H]5CCC[C@H]4C5)cc23)cccc1C(F)F. The highest BCUT2D eigenvalue weighted by molar-refractivity contribution is 5.92. The molecular weight excluding hydrogens is 417 g/mol. The number of benzene rings is 1. The molecule has 0 amide bonds. The van der Waals surface area contributed by atoms with E-state index in [0.717, 1.165) is 22.8 Å². The molecule has 2 atom stereocenters. The smallest absolute Gasteiger partial charge is 0.266 e. The number of nitrogens with zero attached hydrogens (tertiary/aromatic N) is 5. The number of piperidine rings is 1. The van der Waals surface area contributed by atoms with Crippen LogP contribution in [-0.2, 0) is 6.54 Å². The van der Waals surface area contributed by atoms with Crippen LogP contribution in [0.1, 0.15) is 43.2 Å². The van der Waals surface area contributed by atoms with Crippen LogP contribution >= 0.6 is 0 Å². The normalized spacial score (nSPS) is 20.2. The molecule has 1 aromatic carbocycles. The lowest BCUT2D eigenvalue weighted by Crippen LogP contribution is -2.59. The van der Waals surface area contributed by atoms with Crippen LogP contribution in [0.2, 0.25) is 0 Å². The standard InChI is InChI=1S/C23H21F3N6/c24-20-13(3-1-6-16(20)21(25)26)11-29-22-17-10-19(32-14-4-2-5-15(32)9-14)28-12-18(17)31-8-7-27-23(31)30-22/h1,3,6-8,10,12,14-15,21H,2,4-5,9,11H2,(H,27,29,30)/t14-,15+. The number of hydrogen-bond acceptors (Lipinski definition) is 5. The third-order valence-corrected chi connectivity index (χ3v) is 6.68. The molecule has 9 heteroatoms. The number of alkyl halides is 2. The Hall–Kier alpha value is -3.36. The predicted octanol–water partition coefficient (Wildman–Crippen LogP) is 5.10. The fraction of sp³-hybridized carbons (Fsp3) is 0.348. The van der Waals surface area contributed by atoms with Gasteiger partial charge in [0.1, 0.15) is 17.5 Å². The van der Waals surface area contributed by atoms with Gasteiger partial charge in [0, 0.05) is 42.0 Å². The highest BCUT2D eigenvalue weighted by Gasteiger charge is 2.42. The summed E-state index contributed by atoms with van der Waals surface area (Å²) < 4.78 is 42.5. The van der Waals surface area contributed by atoms with E-state index in [2.05, 4.69) is 20.2 Å². The molecule has 0 radical (unpaired) electrons. The maximum atomic E-state index is 14.5. The summed E-state index contributed by atoms with van der Waals surface area (Å²) >= 11 is 0. The van der Waals surface area contributed by atoms with E-state index in [0.29, 0.717) is 23.7 Å². The number of pyridine rings is 1. The first-order valence-corrected chi connectivity index (χ1v) is 10.8. The summed E-state index contributed by atoms with van der Waals surface area (Å²) in [4.78, 5) is 16.0. The number of rotatable bonds is 5.